The summed E-state index contributed by atoms with van der Waals surface area (Å²) in [4.78, 5) is 11.6. The van der Waals surface area contributed by atoms with Crippen molar-refractivity contribution in [2.75, 3.05) is 6.54 Å². The number of rotatable bonds is 5. The maximum absolute atomic E-state index is 11.6. The molecule has 0 bridgehead atoms. The third kappa shape index (κ3) is 6.06. The molecule has 3 nitrogen and oxygen atoms in total. The SMILES string of the molecule is CC(C)(C)CCC(=O)NCC(O)C1CCCC1. The Morgan fingerprint density at radius 2 is 1.94 bits per heavy atom. The number of nitrogens with one attached hydrogen (secondary N) is 1. The second-order valence-electron chi connectivity index (χ2n) is 6.48. The van der Waals surface area contributed by atoms with Crippen molar-refractivity contribution in [3.05, 3.63) is 0 Å². The standard InChI is InChI=1S/C14H27NO2/c1-14(2,3)9-8-13(17)15-10-12(16)11-6-4-5-7-11/h11-12,16H,4-10H2,1-3H3,(H,15,17). The van der Waals surface area contributed by atoms with Crippen LogP contribution in [0.5, 0.6) is 0 Å². The van der Waals surface area contributed by atoms with Crippen molar-refractivity contribution in [3.63, 3.8) is 0 Å². The Morgan fingerprint density at radius 3 is 2.47 bits per heavy atom. The van der Waals surface area contributed by atoms with Crippen molar-refractivity contribution in [2.24, 2.45) is 11.3 Å². The first-order chi connectivity index (χ1) is 7.88. The molecule has 1 rings (SSSR count). The zero-order valence-corrected chi connectivity index (χ0v) is 11.5. The van der Waals surface area contributed by atoms with Gasteiger partial charge in [-0.25, -0.2) is 0 Å². The maximum Gasteiger partial charge on any atom is 0.220 e. The minimum Gasteiger partial charge on any atom is -0.391 e. The molecule has 0 aromatic carbocycles. The van der Waals surface area contributed by atoms with Crippen molar-refractivity contribution in [2.45, 2.75) is 65.4 Å². The van der Waals surface area contributed by atoms with Crippen LogP contribution in [0, 0.1) is 11.3 Å². The average Bonchev–Trinajstić information content (AvgIpc) is 2.75. The molecule has 0 aromatic rings. The fourth-order valence-corrected chi connectivity index (χ4v) is 2.30. The van der Waals surface area contributed by atoms with Crippen LogP contribution in [0.1, 0.15) is 59.3 Å². The molecule has 1 atom stereocenters. The molecule has 1 aliphatic rings. The molecule has 0 radical (unpaired) electrons. The second kappa shape index (κ2) is 6.39. The molecule has 1 unspecified atom stereocenters. The Kier molecular flexibility index (Phi) is 5.44. The molecule has 1 fully saturated rings. The van der Waals surface area contributed by atoms with Gasteiger partial charge >= 0.3 is 0 Å². The fourth-order valence-electron chi connectivity index (χ4n) is 2.30. The maximum atomic E-state index is 11.6. The van der Waals surface area contributed by atoms with E-state index in [1.807, 2.05) is 0 Å². The number of hydrogen-bond acceptors (Lipinski definition) is 2. The van der Waals surface area contributed by atoms with Gasteiger partial charge in [0.2, 0.25) is 5.91 Å². The highest BCUT2D eigenvalue weighted by Gasteiger charge is 2.23. The van der Waals surface area contributed by atoms with E-state index >= 15 is 0 Å². The van der Waals surface area contributed by atoms with Gasteiger partial charge in [0.1, 0.15) is 0 Å². The summed E-state index contributed by atoms with van der Waals surface area (Å²) in [5.74, 6) is 0.467. The number of amides is 1. The highest BCUT2D eigenvalue weighted by atomic mass is 16.3. The number of aliphatic hydroxyl groups excluding tert-OH is 1. The summed E-state index contributed by atoms with van der Waals surface area (Å²) in [5.41, 5.74) is 0.196. The summed E-state index contributed by atoms with van der Waals surface area (Å²) in [5, 5.41) is 12.8. The van der Waals surface area contributed by atoms with E-state index in [1.165, 1.54) is 12.8 Å². The normalized spacial score (nSPS) is 19.3. The van der Waals surface area contributed by atoms with E-state index in [4.69, 9.17) is 0 Å². The van der Waals surface area contributed by atoms with Crippen LogP contribution in [0.3, 0.4) is 0 Å². The van der Waals surface area contributed by atoms with Crippen LogP contribution >= 0.6 is 0 Å². The van der Waals surface area contributed by atoms with Gasteiger partial charge in [-0.1, -0.05) is 33.6 Å². The van der Waals surface area contributed by atoms with Gasteiger partial charge in [0.05, 0.1) is 6.10 Å². The molecule has 3 heteroatoms. The number of hydrogen-bond donors (Lipinski definition) is 2. The summed E-state index contributed by atoms with van der Waals surface area (Å²) in [7, 11) is 0. The predicted molar refractivity (Wildman–Crippen MR) is 69.7 cm³/mol. The van der Waals surface area contributed by atoms with Crippen LogP contribution in [-0.2, 0) is 4.79 Å². The van der Waals surface area contributed by atoms with E-state index in [-0.39, 0.29) is 17.4 Å². The van der Waals surface area contributed by atoms with Gasteiger partial charge in [0, 0.05) is 13.0 Å². The van der Waals surface area contributed by atoms with E-state index in [2.05, 4.69) is 26.1 Å². The Labute approximate surface area is 105 Å². The van der Waals surface area contributed by atoms with Crippen LogP contribution in [0.2, 0.25) is 0 Å². The Hall–Kier alpha value is -0.570. The van der Waals surface area contributed by atoms with Crippen molar-refractivity contribution < 1.29 is 9.90 Å². The third-order valence-corrected chi connectivity index (χ3v) is 3.55. The fraction of sp³-hybridized carbons (Fsp3) is 0.929. The first-order valence-electron chi connectivity index (χ1n) is 6.83. The first kappa shape index (κ1) is 14.5. The van der Waals surface area contributed by atoms with E-state index in [0.717, 1.165) is 19.3 Å². The lowest BCUT2D eigenvalue weighted by Gasteiger charge is -2.20. The third-order valence-electron chi connectivity index (χ3n) is 3.55. The molecule has 0 aliphatic heterocycles. The van der Waals surface area contributed by atoms with Crippen molar-refractivity contribution in [1.29, 1.82) is 0 Å². The minimum atomic E-state index is -0.351. The zero-order chi connectivity index (χ0) is 12.9. The van der Waals surface area contributed by atoms with Crippen molar-refractivity contribution in [1.82, 2.24) is 5.32 Å². The molecular weight excluding hydrogens is 214 g/mol. The Balaban J connectivity index is 2.14. The Morgan fingerprint density at radius 1 is 1.35 bits per heavy atom. The van der Waals surface area contributed by atoms with E-state index in [1.54, 1.807) is 0 Å². The van der Waals surface area contributed by atoms with Crippen LogP contribution in [0.4, 0.5) is 0 Å². The van der Waals surface area contributed by atoms with Gasteiger partial charge in [-0.15, -0.1) is 0 Å². The van der Waals surface area contributed by atoms with Crippen LogP contribution in [0.15, 0.2) is 0 Å². The highest BCUT2D eigenvalue weighted by Crippen LogP contribution is 2.27. The van der Waals surface area contributed by atoms with Gasteiger partial charge in [-0.05, 0) is 30.6 Å². The Bertz CT molecular complexity index is 239. The van der Waals surface area contributed by atoms with Crippen molar-refractivity contribution in [3.8, 4) is 0 Å². The monoisotopic (exact) mass is 241 g/mol. The quantitative estimate of drug-likeness (QED) is 0.777. The molecule has 17 heavy (non-hydrogen) atoms. The molecule has 2 N–H and O–H groups in total. The summed E-state index contributed by atoms with van der Waals surface area (Å²) in [6.45, 7) is 6.82. The lowest BCUT2D eigenvalue weighted by molar-refractivity contribution is -0.122. The topological polar surface area (TPSA) is 49.3 Å². The molecule has 0 spiro atoms. The van der Waals surface area contributed by atoms with Gasteiger partial charge < -0.3 is 10.4 Å². The van der Waals surface area contributed by atoms with Crippen LogP contribution in [-0.4, -0.2) is 23.7 Å². The van der Waals surface area contributed by atoms with Gasteiger partial charge in [0.15, 0.2) is 0 Å². The second-order valence-corrected chi connectivity index (χ2v) is 6.48. The van der Waals surface area contributed by atoms with E-state index in [0.29, 0.717) is 18.9 Å². The number of aliphatic hydroxyl groups is 1. The zero-order valence-electron chi connectivity index (χ0n) is 11.5. The summed E-state index contributed by atoms with van der Waals surface area (Å²) in [6, 6.07) is 0. The molecule has 1 aliphatic carbocycles. The van der Waals surface area contributed by atoms with Gasteiger partial charge in [0.25, 0.3) is 0 Å². The minimum absolute atomic E-state index is 0.0666. The highest BCUT2D eigenvalue weighted by molar-refractivity contribution is 5.75. The molecular formula is C14H27NO2. The summed E-state index contributed by atoms with van der Waals surface area (Å²) < 4.78 is 0. The average molecular weight is 241 g/mol. The molecule has 0 saturated heterocycles. The van der Waals surface area contributed by atoms with E-state index < -0.39 is 0 Å². The molecule has 1 saturated carbocycles. The van der Waals surface area contributed by atoms with Crippen LogP contribution < -0.4 is 5.32 Å². The lowest BCUT2D eigenvalue weighted by Crippen LogP contribution is -2.35. The molecule has 100 valence electrons. The van der Waals surface area contributed by atoms with E-state index in [9.17, 15) is 9.90 Å². The smallest absolute Gasteiger partial charge is 0.220 e. The molecule has 0 aromatic heterocycles. The predicted octanol–water partition coefficient (Wildman–Crippen LogP) is 2.48. The van der Waals surface area contributed by atoms with Crippen molar-refractivity contribution >= 4 is 5.91 Å². The van der Waals surface area contributed by atoms with Crippen LogP contribution in [0.25, 0.3) is 0 Å². The number of carbonyl (C=O) groups excluding carboxylic acids is 1. The molecule has 0 heterocycles. The van der Waals surface area contributed by atoms with Gasteiger partial charge in [-0.3, -0.25) is 4.79 Å². The number of carbonyl (C=O) groups is 1. The summed E-state index contributed by atoms with van der Waals surface area (Å²) in [6.07, 6.45) is 5.76. The summed E-state index contributed by atoms with van der Waals surface area (Å²) >= 11 is 0. The molecule has 1 amide bonds. The first-order valence-corrected chi connectivity index (χ1v) is 6.83. The largest absolute Gasteiger partial charge is 0.391 e. The van der Waals surface area contributed by atoms with Gasteiger partial charge in [-0.2, -0.15) is 0 Å². The lowest BCUT2D eigenvalue weighted by atomic mass is 9.90.